The second kappa shape index (κ2) is 4.89. The summed E-state index contributed by atoms with van der Waals surface area (Å²) in [7, 11) is 4.00. The largest absolute Gasteiger partial charge is 0.495 e. The van der Waals surface area contributed by atoms with E-state index in [0.29, 0.717) is 0 Å². The van der Waals surface area contributed by atoms with Gasteiger partial charge >= 0.3 is 5.69 Å². The predicted molar refractivity (Wildman–Crippen MR) is 57.8 cm³/mol. The highest BCUT2D eigenvalue weighted by Gasteiger charge is 2.26. The standard InChI is InChI=1S/C9H10ClNO5/c1-14-6-4-5(11(12)13)8(15-2)9(16-3)7(6)10/h4H,1-3H3. The number of hydrogen-bond acceptors (Lipinski definition) is 5. The molecule has 7 heteroatoms. The third kappa shape index (κ3) is 1.96. The van der Waals surface area contributed by atoms with Gasteiger partial charge in [-0.3, -0.25) is 10.1 Å². The number of nitro groups is 1. The van der Waals surface area contributed by atoms with Crippen molar-refractivity contribution in [3.63, 3.8) is 0 Å². The molecule has 16 heavy (non-hydrogen) atoms. The fourth-order valence-electron chi connectivity index (χ4n) is 1.24. The van der Waals surface area contributed by atoms with Crippen LogP contribution in [0.3, 0.4) is 0 Å². The van der Waals surface area contributed by atoms with Crippen LogP contribution >= 0.6 is 11.6 Å². The second-order valence-corrected chi connectivity index (χ2v) is 3.11. The Balaban J connectivity index is 3.56. The highest BCUT2D eigenvalue weighted by Crippen LogP contribution is 2.47. The second-order valence-electron chi connectivity index (χ2n) is 2.74. The van der Waals surface area contributed by atoms with Crippen molar-refractivity contribution >= 4 is 17.3 Å². The topological polar surface area (TPSA) is 70.8 Å². The molecule has 0 aliphatic heterocycles. The number of nitrogens with zero attached hydrogens (tertiary/aromatic N) is 1. The van der Waals surface area contributed by atoms with E-state index in [1.165, 1.54) is 27.4 Å². The van der Waals surface area contributed by atoms with Crippen molar-refractivity contribution in [2.45, 2.75) is 0 Å². The van der Waals surface area contributed by atoms with Crippen molar-refractivity contribution in [1.82, 2.24) is 0 Å². The first kappa shape index (κ1) is 12.4. The highest BCUT2D eigenvalue weighted by molar-refractivity contribution is 6.34. The molecule has 0 aliphatic carbocycles. The van der Waals surface area contributed by atoms with Crippen LogP contribution in [0.15, 0.2) is 6.07 Å². The summed E-state index contributed by atoms with van der Waals surface area (Å²) in [5, 5.41) is 10.9. The number of halogens is 1. The lowest BCUT2D eigenvalue weighted by atomic mass is 10.2. The van der Waals surface area contributed by atoms with Gasteiger partial charge in [0, 0.05) is 0 Å². The summed E-state index contributed by atoms with van der Waals surface area (Å²) in [4.78, 5) is 10.2. The first-order valence-electron chi connectivity index (χ1n) is 4.19. The molecule has 0 spiro atoms. The molecule has 0 aliphatic rings. The van der Waals surface area contributed by atoms with Crippen LogP contribution in [0, 0.1) is 10.1 Å². The van der Waals surface area contributed by atoms with Gasteiger partial charge in [-0.05, 0) is 0 Å². The average Bonchev–Trinajstić information content (AvgIpc) is 2.27. The minimum absolute atomic E-state index is 0.0294. The maximum absolute atomic E-state index is 10.8. The zero-order valence-corrected chi connectivity index (χ0v) is 9.70. The summed E-state index contributed by atoms with van der Waals surface area (Å²) in [6, 6.07) is 1.18. The van der Waals surface area contributed by atoms with Crippen molar-refractivity contribution < 1.29 is 19.1 Å². The molecule has 0 N–H and O–H groups in total. The normalized spacial score (nSPS) is 9.75. The summed E-state index contributed by atoms with van der Waals surface area (Å²) < 4.78 is 14.8. The molecule has 6 nitrogen and oxygen atoms in total. The Kier molecular flexibility index (Phi) is 3.78. The molecule has 0 atom stereocenters. The monoisotopic (exact) mass is 247 g/mol. The molecule has 88 valence electrons. The molecule has 1 aromatic rings. The minimum atomic E-state index is -0.597. The summed E-state index contributed by atoms with van der Waals surface area (Å²) in [6.07, 6.45) is 0. The van der Waals surface area contributed by atoms with Crippen molar-refractivity contribution in [1.29, 1.82) is 0 Å². The number of ether oxygens (including phenoxy) is 3. The fraction of sp³-hybridized carbons (Fsp3) is 0.333. The quantitative estimate of drug-likeness (QED) is 0.603. The van der Waals surface area contributed by atoms with Crippen molar-refractivity contribution in [2.24, 2.45) is 0 Å². The van der Waals surface area contributed by atoms with E-state index in [1.54, 1.807) is 0 Å². The van der Waals surface area contributed by atoms with E-state index in [1.807, 2.05) is 0 Å². The third-order valence-electron chi connectivity index (χ3n) is 1.95. The van der Waals surface area contributed by atoms with E-state index < -0.39 is 4.92 Å². The first-order valence-corrected chi connectivity index (χ1v) is 4.57. The summed E-state index contributed by atoms with van der Waals surface area (Å²) in [5.74, 6) is 0.208. The van der Waals surface area contributed by atoms with Crippen LogP contribution in [0.2, 0.25) is 5.02 Å². The van der Waals surface area contributed by atoms with Crippen LogP contribution in [0.4, 0.5) is 5.69 Å². The molecule has 0 saturated heterocycles. The van der Waals surface area contributed by atoms with Crippen LogP contribution in [-0.4, -0.2) is 26.3 Å². The summed E-state index contributed by atoms with van der Waals surface area (Å²) in [5.41, 5.74) is -0.263. The lowest BCUT2D eigenvalue weighted by molar-refractivity contribution is -0.385. The number of hydrogen-bond donors (Lipinski definition) is 0. The predicted octanol–water partition coefficient (Wildman–Crippen LogP) is 2.27. The zero-order chi connectivity index (χ0) is 12.3. The molecule has 0 unspecified atom stereocenters. The highest BCUT2D eigenvalue weighted by atomic mass is 35.5. The van der Waals surface area contributed by atoms with Gasteiger partial charge in [0.05, 0.1) is 32.3 Å². The van der Waals surface area contributed by atoms with E-state index in [4.69, 9.17) is 25.8 Å². The molecule has 0 bridgehead atoms. The Labute approximate surface area is 96.8 Å². The molecule has 0 radical (unpaired) electrons. The van der Waals surface area contributed by atoms with Gasteiger partial charge in [0.25, 0.3) is 0 Å². The molecule has 0 heterocycles. The van der Waals surface area contributed by atoms with Crippen LogP contribution in [-0.2, 0) is 0 Å². The van der Waals surface area contributed by atoms with Crippen molar-refractivity contribution in [3.8, 4) is 17.2 Å². The molecule has 0 saturated carbocycles. The number of benzene rings is 1. The Hall–Kier alpha value is -1.69. The Morgan fingerprint density at radius 2 is 1.75 bits per heavy atom. The number of nitro benzene ring substituents is 1. The van der Waals surface area contributed by atoms with Gasteiger partial charge in [-0.15, -0.1) is 0 Å². The van der Waals surface area contributed by atoms with Gasteiger partial charge in [0.15, 0.2) is 5.75 Å². The maximum Gasteiger partial charge on any atom is 0.318 e. The van der Waals surface area contributed by atoms with E-state index in [2.05, 4.69) is 0 Å². The molecule has 1 rings (SSSR count). The van der Waals surface area contributed by atoms with Gasteiger partial charge in [0.1, 0.15) is 10.8 Å². The van der Waals surface area contributed by atoms with E-state index >= 15 is 0 Å². The third-order valence-corrected chi connectivity index (χ3v) is 2.31. The molecule has 0 fully saturated rings. The van der Waals surface area contributed by atoms with E-state index in [-0.39, 0.29) is 28.0 Å². The number of rotatable bonds is 4. The van der Waals surface area contributed by atoms with Crippen LogP contribution in [0.5, 0.6) is 17.2 Å². The Morgan fingerprint density at radius 3 is 2.12 bits per heavy atom. The average molecular weight is 248 g/mol. The van der Waals surface area contributed by atoms with Crippen LogP contribution < -0.4 is 14.2 Å². The van der Waals surface area contributed by atoms with Crippen molar-refractivity contribution in [3.05, 3.63) is 21.2 Å². The van der Waals surface area contributed by atoms with E-state index in [9.17, 15) is 10.1 Å². The molecule has 0 amide bonds. The van der Waals surface area contributed by atoms with Gasteiger partial charge in [-0.1, -0.05) is 11.6 Å². The first-order chi connectivity index (χ1) is 7.56. The molecular formula is C9H10ClNO5. The molecule has 1 aromatic carbocycles. The number of methoxy groups -OCH3 is 3. The lowest BCUT2D eigenvalue weighted by Crippen LogP contribution is -1.99. The summed E-state index contributed by atoms with van der Waals surface area (Å²) in [6.45, 7) is 0. The minimum Gasteiger partial charge on any atom is -0.495 e. The SMILES string of the molecule is COc1cc([N+](=O)[O-])c(OC)c(OC)c1Cl. The van der Waals surface area contributed by atoms with Crippen molar-refractivity contribution in [2.75, 3.05) is 21.3 Å². The maximum atomic E-state index is 10.8. The lowest BCUT2D eigenvalue weighted by Gasteiger charge is -2.12. The van der Waals surface area contributed by atoms with E-state index in [0.717, 1.165) is 0 Å². The molecule has 0 aromatic heterocycles. The Bertz CT molecular complexity index is 421. The van der Waals surface area contributed by atoms with Gasteiger partial charge in [-0.2, -0.15) is 0 Å². The zero-order valence-electron chi connectivity index (χ0n) is 8.94. The summed E-state index contributed by atoms with van der Waals surface area (Å²) >= 11 is 5.92. The van der Waals surface area contributed by atoms with Gasteiger partial charge < -0.3 is 14.2 Å². The smallest absolute Gasteiger partial charge is 0.318 e. The van der Waals surface area contributed by atoms with Gasteiger partial charge in [0.2, 0.25) is 5.75 Å². The van der Waals surface area contributed by atoms with Crippen LogP contribution in [0.1, 0.15) is 0 Å². The van der Waals surface area contributed by atoms with Crippen LogP contribution in [0.25, 0.3) is 0 Å². The Morgan fingerprint density at radius 1 is 1.19 bits per heavy atom. The molecular weight excluding hydrogens is 238 g/mol. The fourth-order valence-corrected chi connectivity index (χ4v) is 1.54. The van der Waals surface area contributed by atoms with Gasteiger partial charge in [-0.25, -0.2) is 0 Å².